The van der Waals surface area contributed by atoms with Crippen molar-refractivity contribution in [3.63, 3.8) is 0 Å². The van der Waals surface area contributed by atoms with Crippen LogP contribution < -0.4 is 14.8 Å². The van der Waals surface area contributed by atoms with Gasteiger partial charge in [0, 0.05) is 11.4 Å². The SMILES string of the molecule is CCS(=O)(=O)CC(=Nc1ccc(OC)cc1)Nc1ccc(OC)cc1. The molecule has 0 spiro atoms. The van der Waals surface area contributed by atoms with E-state index in [0.29, 0.717) is 17.3 Å². The van der Waals surface area contributed by atoms with E-state index in [1.54, 1.807) is 69.7 Å². The van der Waals surface area contributed by atoms with E-state index in [2.05, 4.69) is 10.3 Å². The number of amidine groups is 1. The van der Waals surface area contributed by atoms with Gasteiger partial charge in [0.05, 0.1) is 19.9 Å². The molecule has 25 heavy (non-hydrogen) atoms. The van der Waals surface area contributed by atoms with Crippen LogP contribution in [0.15, 0.2) is 53.5 Å². The Bertz CT molecular complexity index is 813. The largest absolute Gasteiger partial charge is 0.497 e. The van der Waals surface area contributed by atoms with Gasteiger partial charge in [-0.2, -0.15) is 0 Å². The zero-order valence-electron chi connectivity index (χ0n) is 14.5. The summed E-state index contributed by atoms with van der Waals surface area (Å²) in [7, 11) is -0.0511. The van der Waals surface area contributed by atoms with Crippen molar-refractivity contribution in [2.24, 2.45) is 4.99 Å². The second-order valence-electron chi connectivity index (χ2n) is 5.29. The highest BCUT2D eigenvalue weighted by Gasteiger charge is 2.13. The van der Waals surface area contributed by atoms with Gasteiger partial charge in [0.15, 0.2) is 9.84 Å². The van der Waals surface area contributed by atoms with E-state index in [-0.39, 0.29) is 11.5 Å². The molecule has 0 aliphatic rings. The molecule has 0 aromatic heterocycles. The van der Waals surface area contributed by atoms with Crippen molar-refractivity contribution in [1.82, 2.24) is 0 Å². The smallest absolute Gasteiger partial charge is 0.157 e. The normalized spacial score (nSPS) is 11.9. The number of anilines is 1. The van der Waals surface area contributed by atoms with Crippen LogP contribution in [0, 0.1) is 0 Å². The maximum atomic E-state index is 12.0. The molecule has 134 valence electrons. The molecule has 0 saturated heterocycles. The quantitative estimate of drug-likeness (QED) is 0.604. The standard InChI is InChI=1S/C18H22N2O4S/c1-4-25(21,22)13-18(19-14-5-9-16(23-2)10-6-14)20-15-7-11-17(24-3)12-8-15/h5-12H,4,13H2,1-3H3,(H,19,20). The number of sulfone groups is 1. The number of methoxy groups -OCH3 is 2. The van der Waals surface area contributed by atoms with Gasteiger partial charge in [0.2, 0.25) is 0 Å². The first kappa shape index (κ1) is 18.8. The van der Waals surface area contributed by atoms with Crippen molar-refractivity contribution in [3.05, 3.63) is 48.5 Å². The van der Waals surface area contributed by atoms with E-state index in [9.17, 15) is 8.42 Å². The molecule has 0 radical (unpaired) electrons. The number of nitrogens with one attached hydrogen (secondary N) is 1. The molecule has 0 aliphatic carbocycles. The molecule has 0 saturated carbocycles. The highest BCUT2D eigenvalue weighted by molar-refractivity contribution is 7.92. The third kappa shape index (κ3) is 5.79. The Balaban J connectivity index is 2.28. The van der Waals surface area contributed by atoms with Gasteiger partial charge >= 0.3 is 0 Å². The van der Waals surface area contributed by atoms with Crippen LogP contribution in [0.2, 0.25) is 0 Å². The van der Waals surface area contributed by atoms with Crippen LogP contribution in [-0.4, -0.2) is 40.0 Å². The molecule has 2 aromatic rings. The molecule has 0 amide bonds. The summed E-state index contributed by atoms with van der Waals surface area (Å²) in [5.41, 5.74) is 1.38. The first-order valence-electron chi connectivity index (χ1n) is 7.79. The molecule has 0 atom stereocenters. The maximum Gasteiger partial charge on any atom is 0.157 e. The summed E-state index contributed by atoms with van der Waals surface area (Å²) in [6.45, 7) is 1.62. The molecule has 1 N–H and O–H groups in total. The van der Waals surface area contributed by atoms with Gasteiger partial charge in [0.1, 0.15) is 23.1 Å². The van der Waals surface area contributed by atoms with Crippen LogP contribution >= 0.6 is 0 Å². The minimum Gasteiger partial charge on any atom is -0.497 e. The molecule has 0 unspecified atom stereocenters. The summed E-state index contributed by atoms with van der Waals surface area (Å²) in [6, 6.07) is 14.3. The Hall–Kier alpha value is -2.54. The molecular weight excluding hydrogens is 340 g/mol. The van der Waals surface area contributed by atoms with Gasteiger partial charge in [-0.1, -0.05) is 6.92 Å². The minimum atomic E-state index is -3.23. The highest BCUT2D eigenvalue weighted by atomic mass is 32.2. The van der Waals surface area contributed by atoms with Crippen LogP contribution in [0.1, 0.15) is 6.92 Å². The zero-order chi connectivity index (χ0) is 18.3. The van der Waals surface area contributed by atoms with Crippen molar-refractivity contribution < 1.29 is 17.9 Å². The number of rotatable bonds is 7. The maximum absolute atomic E-state index is 12.0. The number of nitrogens with zero attached hydrogens (tertiary/aromatic N) is 1. The number of benzene rings is 2. The van der Waals surface area contributed by atoms with Gasteiger partial charge < -0.3 is 14.8 Å². The summed E-state index contributed by atoms with van der Waals surface area (Å²) in [6.07, 6.45) is 0. The summed E-state index contributed by atoms with van der Waals surface area (Å²) in [4.78, 5) is 4.44. The molecule has 0 fully saturated rings. The van der Waals surface area contributed by atoms with Crippen LogP contribution in [0.4, 0.5) is 11.4 Å². The van der Waals surface area contributed by atoms with Crippen LogP contribution in [0.5, 0.6) is 11.5 Å². The lowest BCUT2D eigenvalue weighted by molar-refractivity contribution is 0.415. The summed E-state index contributed by atoms with van der Waals surface area (Å²) < 4.78 is 34.3. The lowest BCUT2D eigenvalue weighted by atomic mass is 10.3. The Morgan fingerprint density at radius 1 is 0.960 bits per heavy atom. The molecule has 7 heteroatoms. The first-order valence-corrected chi connectivity index (χ1v) is 9.61. The summed E-state index contributed by atoms with van der Waals surface area (Å²) in [5, 5.41) is 3.08. The Kier molecular flexibility index (Phi) is 6.41. The topological polar surface area (TPSA) is 77.0 Å². The number of hydrogen-bond donors (Lipinski definition) is 1. The molecular formula is C18H22N2O4S. The van der Waals surface area contributed by atoms with E-state index in [0.717, 1.165) is 11.4 Å². The van der Waals surface area contributed by atoms with Gasteiger partial charge in [-0.05, 0) is 48.5 Å². The van der Waals surface area contributed by atoms with E-state index in [4.69, 9.17) is 9.47 Å². The minimum absolute atomic E-state index is 0.0545. The van der Waals surface area contributed by atoms with Gasteiger partial charge in [0.25, 0.3) is 0 Å². The first-order chi connectivity index (χ1) is 12.0. The van der Waals surface area contributed by atoms with Crippen molar-refractivity contribution in [2.75, 3.05) is 31.0 Å². The third-order valence-corrected chi connectivity index (χ3v) is 5.10. The van der Waals surface area contributed by atoms with E-state index in [1.165, 1.54) is 0 Å². The van der Waals surface area contributed by atoms with E-state index in [1.807, 2.05) is 0 Å². The zero-order valence-corrected chi connectivity index (χ0v) is 15.3. The average molecular weight is 362 g/mol. The Morgan fingerprint density at radius 2 is 1.48 bits per heavy atom. The number of hydrogen-bond acceptors (Lipinski definition) is 5. The average Bonchev–Trinajstić information content (AvgIpc) is 2.62. The molecule has 0 heterocycles. The molecule has 2 aromatic carbocycles. The summed E-state index contributed by atoms with van der Waals surface area (Å²) in [5.74, 6) is 1.68. The predicted octanol–water partition coefficient (Wildman–Crippen LogP) is 3.28. The van der Waals surface area contributed by atoms with Crippen LogP contribution in [0.25, 0.3) is 0 Å². The number of aliphatic imine (C=N–C) groups is 1. The van der Waals surface area contributed by atoms with Gasteiger partial charge in [-0.15, -0.1) is 0 Å². The fourth-order valence-electron chi connectivity index (χ4n) is 2.06. The van der Waals surface area contributed by atoms with Crippen molar-refractivity contribution in [2.45, 2.75) is 6.92 Å². The van der Waals surface area contributed by atoms with Gasteiger partial charge in [-0.25, -0.2) is 13.4 Å². The second kappa shape index (κ2) is 8.53. The molecule has 2 rings (SSSR count). The fraction of sp³-hybridized carbons (Fsp3) is 0.278. The lowest BCUT2D eigenvalue weighted by Gasteiger charge is -2.11. The van der Waals surface area contributed by atoms with Gasteiger partial charge in [-0.3, -0.25) is 0 Å². The second-order valence-corrected chi connectivity index (χ2v) is 7.64. The van der Waals surface area contributed by atoms with Crippen molar-refractivity contribution in [1.29, 1.82) is 0 Å². The van der Waals surface area contributed by atoms with Crippen molar-refractivity contribution >= 4 is 27.0 Å². The third-order valence-electron chi connectivity index (χ3n) is 3.51. The molecule has 0 bridgehead atoms. The van der Waals surface area contributed by atoms with Crippen LogP contribution in [0.3, 0.4) is 0 Å². The van der Waals surface area contributed by atoms with Crippen LogP contribution in [-0.2, 0) is 9.84 Å². The Labute approximate surface area is 148 Å². The highest BCUT2D eigenvalue weighted by Crippen LogP contribution is 2.20. The summed E-state index contributed by atoms with van der Waals surface area (Å²) >= 11 is 0. The fourth-order valence-corrected chi connectivity index (χ4v) is 2.82. The molecule has 0 aliphatic heterocycles. The van der Waals surface area contributed by atoms with E-state index < -0.39 is 9.84 Å². The van der Waals surface area contributed by atoms with E-state index >= 15 is 0 Å². The van der Waals surface area contributed by atoms with Crippen molar-refractivity contribution in [3.8, 4) is 11.5 Å². The lowest BCUT2D eigenvalue weighted by Crippen LogP contribution is -2.24. The predicted molar refractivity (Wildman–Crippen MR) is 101 cm³/mol. The monoisotopic (exact) mass is 362 g/mol. The molecule has 6 nitrogen and oxygen atoms in total. The Morgan fingerprint density at radius 3 is 1.96 bits per heavy atom. The number of ether oxygens (including phenoxy) is 2.